The van der Waals surface area contributed by atoms with Gasteiger partial charge in [-0.25, -0.2) is 4.79 Å². The van der Waals surface area contributed by atoms with Crippen LogP contribution in [0.4, 0.5) is 0 Å². The maximum Gasteiger partial charge on any atom is 0.361 e. The molecule has 3 nitrogen and oxygen atoms in total. The van der Waals surface area contributed by atoms with E-state index in [0.29, 0.717) is 30.9 Å². The average Bonchev–Trinajstić information content (AvgIpc) is 2.38. The summed E-state index contributed by atoms with van der Waals surface area (Å²) < 4.78 is 5.57. The second-order valence-electron chi connectivity index (χ2n) is 6.89. The van der Waals surface area contributed by atoms with Crippen molar-refractivity contribution in [2.24, 2.45) is 17.8 Å². The largest absolute Gasteiger partial charge is 0.461 e. The van der Waals surface area contributed by atoms with Gasteiger partial charge in [-0.1, -0.05) is 25.5 Å². The van der Waals surface area contributed by atoms with Crippen LogP contribution in [0.2, 0.25) is 0 Å². The van der Waals surface area contributed by atoms with Gasteiger partial charge in [0.15, 0.2) is 6.54 Å². The van der Waals surface area contributed by atoms with Crippen LogP contribution in [0.15, 0.2) is 11.6 Å². The molecule has 0 aromatic carbocycles. The lowest BCUT2D eigenvalue weighted by Gasteiger charge is -2.32. The predicted octanol–water partition coefficient (Wildman–Crippen LogP) is 1.84. The highest BCUT2D eigenvalue weighted by atomic mass is 16.5. The van der Waals surface area contributed by atoms with Crippen molar-refractivity contribution in [3.05, 3.63) is 11.6 Å². The van der Waals surface area contributed by atoms with E-state index in [4.69, 9.17) is 4.74 Å². The number of allylic oxidation sites excluding steroid dienone is 2. The number of ether oxygens (including phenoxy) is 1. The van der Waals surface area contributed by atoms with Crippen LogP contribution in [0.3, 0.4) is 0 Å². The van der Waals surface area contributed by atoms with E-state index >= 15 is 0 Å². The summed E-state index contributed by atoms with van der Waals surface area (Å²) in [5.74, 6) is 1.62. The number of carbonyl (C=O) groups excluding carboxylic acids is 1. The molecule has 0 radical (unpaired) electrons. The SMILES string of the molecule is CC1=C[C@H](C)[C@H](COC(=O)C[NH+]2CCCCC2)[C@H](C)C1. The van der Waals surface area contributed by atoms with Gasteiger partial charge < -0.3 is 9.64 Å². The molecular formula is C17H30NO2+. The van der Waals surface area contributed by atoms with Crippen LogP contribution in [-0.4, -0.2) is 32.2 Å². The summed E-state index contributed by atoms with van der Waals surface area (Å²) in [6.07, 6.45) is 7.31. The molecule has 1 aliphatic heterocycles. The van der Waals surface area contributed by atoms with Crippen molar-refractivity contribution in [2.75, 3.05) is 26.2 Å². The van der Waals surface area contributed by atoms with Crippen molar-refractivity contribution in [1.29, 1.82) is 0 Å². The summed E-state index contributed by atoms with van der Waals surface area (Å²) >= 11 is 0. The normalized spacial score (nSPS) is 31.8. The van der Waals surface area contributed by atoms with Gasteiger partial charge in [-0.3, -0.25) is 0 Å². The van der Waals surface area contributed by atoms with Crippen molar-refractivity contribution in [2.45, 2.75) is 46.5 Å². The average molecular weight is 280 g/mol. The molecule has 0 saturated carbocycles. The van der Waals surface area contributed by atoms with E-state index in [0.717, 1.165) is 19.5 Å². The van der Waals surface area contributed by atoms with Crippen molar-refractivity contribution < 1.29 is 14.4 Å². The number of nitrogens with one attached hydrogen (secondary N) is 1. The van der Waals surface area contributed by atoms with Crippen molar-refractivity contribution in [3.8, 4) is 0 Å². The summed E-state index contributed by atoms with van der Waals surface area (Å²) in [6.45, 7) is 10.1. The Bertz CT molecular complexity index is 358. The minimum absolute atomic E-state index is 0.00687. The molecule has 1 heterocycles. The second kappa shape index (κ2) is 7.26. The van der Waals surface area contributed by atoms with Crippen molar-refractivity contribution in [1.82, 2.24) is 0 Å². The molecule has 1 N–H and O–H groups in total. The van der Waals surface area contributed by atoms with Crippen LogP contribution in [-0.2, 0) is 9.53 Å². The number of esters is 1. The third-order valence-electron chi connectivity index (χ3n) is 4.99. The zero-order chi connectivity index (χ0) is 14.5. The first-order valence-corrected chi connectivity index (χ1v) is 8.22. The smallest absolute Gasteiger partial charge is 0.361 e. The maximum atomic E-state index is 12.0. The predicted molar refractivity (Wildman–Crippen MR) is 80.6 cm³/mol. The van der Waals surface area contributed by atoms with Gasteiger partial charge in [0, 0.05) is 5.92 Å². The van der Waals surface area contributed by atoms with Crippen LogP contribution >= 0.6 is 0 Å². The molecule has 0 aromatic rings. The fourth-order valence-corrected chi connectivity index (χ4v) is 3.81. The Morgan fingerprint density at radius 1 is 1.30 bits per heavy atom. The Hall–Kier alpha value is -0.830. The van der Waals surface area contributed by atoms with E-state index in [1.165, 1.54) is 29.7 Å². The molecule has 0 amide bonds. The molecule has 0 unspecified atom stereocenters. The molecule has 2 rings (SSSR count). The second-order valence-corrected chi connectivity index (χ2v) is 6.89. The molecular weight excluding hydrogens is 250 g/mol. The third-order valence-corrected chi connectivity index (χ3v) is 4.99. The zero-order valence-corrected chi connectivity index (χ0v) is 13.3. The molecule has 114 valence electrons. The highest BCUT2D eigenvalue weighted by Crippen LogP contribution is 2.33. The van der Waals surface area contributed by atoms with E-state index in [-0.39, 0.29) is 5.97 Å². The van der Waals surface area contributed by atoms with Gasteiger partial charge >= 0.3 is 5.97 Å². The van der Waals surface area contributed by atoms with Crippen LogP contribution in [0.5, 0.6) is 0 Å². The summed E-state index contributed by atoms with van der Waals surface area (Å²) in [5, 5.41) is 0. The Morgan fingerprint density at radius 2 is 2.00 bits per heavy atom. The third kappa shape index (κ3) is 4.34. The lowest BCUT2D eigenvalue weighted by molar-refractivity contribution is -0.897. The molecule has 0 spiro atoms. The fourth-order valence-electron chi connectivity index (χ4n) is 3.81. The lowest BCUT2D eigenvalue weighted by Crippen LogP contribution is -3.13. The summed E-state index contributed by atoms with van der Waals surface area (Å²) in [7, 11) is 0. The minimum atomic E-state index is -0.00687. The van der Waals surface area contributed by atoms with Crippen molar-refractivity contribution >= 4 is 5.97 Å². The molecule has 1 saturated heterocycles. The van der Waals surface area contributed by atoms with Crippen LogP contribution < -0.4 is 4.90 Å². The van der Waals surface area contributed by atoms with Crippen LogP contribution in [0.1, 0.15) is 46.5 Å². The molecule has 0 aromatic heterocycles. The molecule has 3 heteroatoms. The van der Waals surface area contributed by atoms with E-state index in [1.807, 2.05) is 0 Å². The van der Waals surface area contributed by atoms with Gasteiger partial charge in [-0.05, 0) is 44.4 Å². The van der Waals surface area contributed by atoms with Crippen LogP contribution in [0, 0.1) is 17.8 Å². The molecule has 1 fully saturated rings. The van der Waals surface area contributed by atoms with E-state index < -0.39 is 0 Å². The molecule has 0 bridgehead atoms. The monoisotopic (exact) mass is 280 g/mol. The Kier molecular flexibility index (Phi) is 5.64. The number of rotatable bonds is 4. The molecule has 20 heavy (non-hydrogen) atoms. The van der Waals surface area contributed by atoms with E-state index in [2.05, 4.69) is 26.8 Å². The number of piperidine rings is 1. The Morgan fingerprint density at radius 3 is 2.65 bits per heavy atom. The first-order valence-electron chi connectivity index (χ1n) is 8.22. The highest BCUT2D eigenvalue weighted by Gasteiger charge is 2.28. The van der Waals surface area contributed by atoms with E-state index in [1.54, 1.807) is 0 Å². The maximum absolute atomic E-state index is 12.0. The topological polar surface area (TPSA) is 30.7 Å². The lowest BCUT2D eigenvalue weighted by atomic mass is 9.75. The van der Waals surface area contributed by atoms with Gasteiger partial charge in [0.25, 0.3) is 0 Å². The number of hydrogen-bond donors (Lipinski definition) is 1. The quantitative estimate of drug-likeness (QED) is 0.629. The van der Waals surface area contributed by atoms with Crippen LogP contribution in [0.25, 0.3) is 0 Å². The summed E-state index contributed by atoms with van der Waals surface area (Å²) in [5.41, 5.74) is 1.48. The molecule has 3 atom stereocenters. The fraction of sp³-hybridized carbons (Fsp3) is 0.824. The van der Waals surface area contributed by atoms with E-state index in [9.17, 15) is 4.79 Å². The van der Waals surface area contributed by atoms with Gasteiger partial charge in [0.1, 0.15) is 0 Å². The Balaban J connectivity index is 1.75. The number of quaternary nitrogens is 1. The number of hydrogen-bond acceptors (Lipinski definition) is 2. The summed E-state index contributed by atoms with van der Waals surface area (Å²) in [4.78, 5) is 13.4. The van der Waals surface area contributed by atoms with Gasteiger partial charge in [0.2, 0.25) is 0 Å². The Labute approximate surface area is 123 Å². The van der Waals surface area contributed by atoms with Crippen molar-refractivity contribution in [3.63, 3.8) is 0 Å². The number of carbonyl (C=O) groups is 1. The first-order chi connectivity index (χ1) is 9.56. The first kappa shape index (κ1) is 15.6. The van der Waals surface area contributed by atoms with Gasteiger partial charge in [-0.2, -0.15) is 0 Å². The van der Waals surface area contributed by atoms with Gasteiger partial charge in [0.05, 0.1) is 19.7 Å². The molecule has 1 aliphatic carbocycles. The highest BCUT2D eigenvalue weighted by molar-refractivity contribution is 5.70. The summed E-state index contributed by atoms with van der Waals surface area (Å²) in [6, 6.07) is 0. The standard InChI is InChI=1S/C17H29NO2/c1-13-9-14(2)16(15(3)10-13)12-20-17(19)11-18-7-5-4-6-8-18/h9,14-16H,4-8,10-12H2,1-3H3/p+1/t14-,15+,16-/m0/s1. The van der Waals surface area contributed by atoms with Gasteiger partial charge in [-0.15, -0.1) is 0 Å². The molecule has 2 aliphatic rings. The number of likely N-dealkylation sites (tertiary alicyclic amines) is 1. The zero-order valence-electron chi connectivity index (χ0n) is 13.3. The minimum Gasteiger partial charge on any atom is -0.461 e.